The second-order valence-electron chi connectivity index (χ2n) is 3.54. The Morgan fingerprint density at radius 1 is 1.21 bits per heavy atom. The normalized spacial score (nSPS) is 12.2. The van der Waals surface area contributed by atoms with Gasteiger partial charge >= 0.3 is 0 Å². The maximum absolute atomic E-state index is 5.36. The minimum absolute atomic E-state index is 0.284. The molecule has 0 saturated heterocycles. The van der Waals surface area contributed by atoms with Gasteiger partial charge in [-0.25, -0.2) is 0 Å². The summed E-state index contributed by atoms with van der Waals surface area (Å²) in [5, 5.41) is 3.26. The van der Waals surface area contributed by atoms with Crippen molar-refractivity contribution in [3.8, 4) is 0 Å². The molecule has 0 saturated carbocycles. The second kappa shape index (κ2) is 8.37. The molecule has 0 aromatic carbocycles. The standard InChI is InChI=1S/C9H24N2O2Si/c1-12-9(14,13-2)5-3-4-7-11-8-6-10/h11H,3-8,10H2,1-2,14H3. The van der Waals surface area contributed by atoms with Crippen molar-refractivity contribution in [3.63, 3.8) is 0 Å². The molecular weight excluding hydrogens is 196 g/mol. The molecule has 0 atom stereocenters. The van der Waals surface area contributed by atoms with E-state index in [0.29, 0.717) is 6.54 Å². The summed E-state index contributed by atoms with van der Waals surface area (Å²) in [6, 6.07) is 0. The van der Waals surface area contributed by atoms with Gasteiger partial charge < -0.3 is 20.5 Å². The first-order valence-electron chi connectivity index (χ1n) is 5.19. The molecule has 0 fully saturated rings. The Balaban J connectivity index is 3.34. The number of ether oxygens (including phenoxy) is 2. The van der Waals surface area contributed by atoms with Crippen LogP contribution in [0, 0.1) is 0 Å². The Kier molecular flexibility index (Phi) is 8.41. The lowest BCUT2D eigenvalue weighted by molar-refractivity contribution is -0.146. The van der Waals surface area contributed by atoms with Crippen LogP contribution in [0.1, 0.15) is 19.3 Å². The van der Waals surface area contributed by atoms with Crippen LogP contribution in [-0.2, 0) is 9.47 Å². The van der Waals surface area contributed by atoms with Gasteiger partial charge in [-0.15, -0.1) is 0 Å². The zero-order chi connectivity index (χ0) is 10.9. The predicted molar refractivity (Wildman–Crippen MR) is 62.5 cm³/mol. The van der Waals surface area contributed by atoms with Crippen molar-refractivity contribution >= 4 is 10.2 Å². The molecule has 4 nitrogen and oxygen atoms in total. The maximum Gasteiger partial charge on any atom is 0.140 e. The van der Waals surface area contributed by atoms with Crippen LogP contribution in [0.25, 0.3) is 0 Å². The van der Waals surface area contributed by atoms with E-state index in [-0.39, 0.29) is 5.41 Å². The van der Waals surface area contributed by atoms with E-state index in [1.54, 1.807) is 14.2 Å². The first kappa shape index (κ1) is 14.1. The highest BCUT2D eigenvalue weighted by Gasteiger charge is 2.20. The van der Waals surface area contributed by atoms with E-state index in [1.165, 1.54) is 0 Å². The van der Waals surface area contributed by atoms with E-state index in [1.807, 2.05) is 0 Å². The van der Waals surface area contributed by atoms with E-state index >= 15 is 0 Å². The summed E-state index contributed by atoms with van der Waals surface area (Å²) in [6.07, 6.45) is 3.26. The number of methoxy groups -OCH3 is 2. The molecule has 0 amide bonds. The van der Waals surface area contributed by atoms with Crippen molar-refractivity contribution in [3.05, 3.63) is 0 Å². The SMILES string of the molecule is COC([SiH3])(CCCCNCCN)OC. The third-order valence-corrected chi connectivity index (χ3v) is 3.74. The topological polar surface area (TPSA) is 56.5 Å². The molecule has 0 rings (SSSR count). The van der Waals surface area contributed by atoms with Crippen molar-refractivity contribution in [1.29, 1.82) is 0 Å². The molecule has 0 aliphatic rings. The Bertz CT molecular complexity index is 132. The van der Waals surface area contributed by atoms with E-state index < -0.39 is 0 Å². The van der Waals surface area contributed by atoms with Gasteiger partial charge in [0.2, 0.25) is 0 Å². The molecule has 0 aliphatic carbocycles. The lowest BCUT2D eigenvalue weighted by Gasteiger charge is -2.26. The molecule has 0 aromatic heterocycles. The van der Waals surface area contributed by atoms with Crippen LogP contribution < -0.4 is 11.1 Å². The highest BCUT2D eigenvalue weighted by Crippen LogP contribution is 2.14. The number of hydrogen-bond acceptors (Lipinski definition) is 4. The van der Waals surface area contributed by atoms with Gasteiger partial charge in [0.25, 0.3) is 0 Å². The Hall–Kier alpha value is 0.0569. The number of nitrogens with one attached hydrogen (secondary N) is 1. The van der Waals surface area contributed by atoms with Crippen LogP contribution >= 0.6 is 0 Å². The van der Waals surface area contributed by atoms with E-state index in [0.717, 1.165) is 42.6 Å². The van der Waals surface area contributed by atoms with Crippen LogP contribution in [0.15, 0.2) is 0 Å². The molecular formula is C9H24N2O2Si. The molecule has 86 valence electrons. The van der Waals surface area contributed by atoms with Crippen molar-refractivity contribution in [1.82, 2.24) is 5.32 Å². The summed E-state index contributed by atoms with van der Waals surface area (Å²) in [7, 11) is 4.33. The van der Waals surface area contributed by atoms with E-state index in [2.05, 4.69) is 5.32 Å². The predicted octanol–water partition coefficient (Wildman–Crippen LogP) is -0.983. The smallest absolute Gasteiger partial charge is 0.140 e. The first-order valence-corrected chi connectivity index (χ1v) is 6.19. The third-order valence-electron chi connectivity index (χ3n) is 2.42. The second-order valence-corrected chi connectivity index (χ2v) is 5.06. The number of nitrogens with two attached hydrogens (primary N) is 1. The highest BCUT2D eigenvalue weighted by molar-refractivity contribution is 6.13. The van der Waals surface area contributed by atoms with Gasteiger partial charge in [0.15, 0.2) is 0 Å². The van der Waals surface area contributed by atoms with Crippen LogP contribution in [0.2, 0.25) is 0 Å². The molecule has 0 bridgehead atoms. The molecule has 0 aromatic rings. The van der Waals surface area contributed by atoms with E-state index in [9.17, 15) is 0 Å². The molecule has 0 aliphatic heterocycles. The molecule has 0 radical (unpaired) electrons. The van der Waals surface area contributed by atoms with Gasteiger partial charge in [0.05, 0.1) is 10.2 Å². The van der Waals surface area contributed by atoms with Gasteiger partial charge in [0, 0.05) is 27.3 Å². The fourth-order valence-corrected chi connectivity index (χ4v) is 1.56. The Morgan fingerprint density at radius 2 is 1.86 bits per heavy atom. The zero-order valence-corrected chi connectivity index (χ0v) is 11.6. The van der Waals surface area contributed by atoms with Gasteiger partial charge in [-0.1, -0.05) is 0 Å². The van der Waals surface area contributed by atoms with E-state index in [4.69, 9.17) is 15.2 Å². The fourth-order valence-electron chi connectivity index (χ4n) is 1.21. The highest BCUT2D eigenvalue weighted by atomic mass is 28.1. The van der Waals surface area contributed by atoms with Gasteiger partial charge in [0.1, 0.15) is 5.41 Å². The number of rotatable bonds is 9. The summed E-state index contributed by atoms with van der Waals surface area (Å²) in [5.41, 5.74) is 5.07. The maximum atomic E-state index is 5.36. The van der Waals surface area contributed by atoms with Crippen LogP contribution in [0.4, 0.5) is 0 Å². The summed E-state index contributed by atoms with van der Waals surface area (Å²) >= 11 is 0. The average Bonchev–Trinajstić information content (AvgIpc) is 2.23. The fraction of sp³-hybridized carbons (Fsp3) is 1.00. The molecule has 5 heteroatoms. The molecule has 3 N–H and O–H groups in total. The lowest BCUT2D eigenvalue weighted by atomic mass is 10.2. The van der Waals surface area contributed by atoms with Crippen molar-refractivity contribution in [2.24, 2.45) is 5.73 Å². The van der Waals surface area contributed by atoms with Gasteiger partial charge in [-0.2, -0.15) is 0 Å². The van der Waals surface area contributed by atoms with Crippen molar-refractivity contribution in [2.75, 3.05) is 33.9 Å². The molecule has 14 heavy (non-hydrogen) atoms. The largest absolute Gasteiger partial charge is 0.358 e. The average molecular weight is 220 g/mol. The van der Waals surface area contributed by atoms with Crippen LogP contribution in [-0.4, -0.2) is 49.5 Å². The number of hydrogen-bond donors (Lipinski definition) is 2. The molecule has 0 unspecified atom stereocenters. The minimum Gasteiger partial charge on any atom is -0.358 e. The first-order chi connectivity index (χ1) is 6.68. The van der Waals surface area contributed by atoms with Crippen LogP contribution in [0.5, 0.6) is 0 Å². The Morgan fingerprint density at radius 3 is 2.36 bits per heavy atom. The third kappa shape index (κ3) is 6.50. The zero-order valence-electron chi connectivity index (χ0n) is 9.64. The van der Waals surface area contributed by atoms with Crippen molar-refractivity contribution in [2.45, 2.75) is 24.7 Å². The lowest BCUT2D eigenvalue weighted by Crippen LogP contribution is -2.34. The minimum atomic E-state index is -0.284. The quantitative estimate of drug-likeness (QED) is 0.298. The summed E-state index contributed by atoms with van der Waals surface area (Å²) in [4.78, 5) is 0. The molecule has 0 heterocycles. The summed E-state index contributed by atoms with van der Waals surface area (Å²) in [5.74, 6) is 0. The van der Waals surface area contributed by atoms with Gasteiger partial charge in [-0.05, 0) is 25.8 Å². The molecule has 0 spiro atoms. The summed E-state index contributed by atoms with van der Waals surface area (Å²) < 4.78 is 10.6. The number of unbranched alkanes of at least 4 members (excludes halogenated alkanes) is 1. The van der Waals surface area contributed by atoms with Crippen molar-refractivity contribution < 1.29 is 9.47 Å². The van der Waals surface area contributed by atoms with Crippen LogP contribution in [0.3, 0.4) is 0 Å². The summed E-state index contributed by atoms with van der Waals surface area (Å²) in [6.45, 7) is 2.64. The monoisotopic (exact) mass is 220 g/mol. The Labute approximate surface area is 89.9 Å². The van der Waals surface area contributed by atoms with Gasteiger partial charge in [-0.3, -0.25) is 0 Å².